The fourth-order valence-corrected chi connectivity index (χ4v) is 2.40. The number of hydrogen-bond acceptors (Lipinski definition) is 4. The van der Waals surface area contributed by atoms with Crippen molar-refractivity contribution in [2.24, 2.45) is 5.92 Å². The Morgan fingerprint density at radius 3 is 3.06 bits per heavy atom. The number of carboxylic acid groups (broad SMARTS) is 1. The maximum absolute atomic E-state index is 11.0. The summed E-state index contributed by atoms with van der Waals surface area (Å²) in [5, 5.41) is 12.6. The lowest BCUT2D eigenvalue weighted by molar-refractivity contribution is 0.0683. The van der Waals surface area contributed by atoms with E-state index in [0.717, 1.165) is 13.1 Å². The van der Waals surface area contributed by atoms with E-state index in [1.807, 2.05) is 0 Å². The second kappa shape index (κ2) is 4.87. The summed E-state index contributed by atoms with van der Waals surface area (Å²) in [6, 6.07) is 0. The molecular formula is C12H18N2O3. The SMILES string of the molecule is Cc1onc(C(=O)O)c1CN1CCC[C@H](C)C1. The van der Waals surface area contributed by atoms with E-state index in [4.69, 9.17) is 9.63 Å². The monoisotopic (exact) mass is 238 g/mol. The van der Waals surface area contributed by atoms with Gasteiger partial charge in [0, 0.05) is 18.7 Å². The number of aryl methyl sites for hydroxylation is 1. The van der Waals surface area contributed by atoms with Crippen LogP contribution in [-0.2, 0) is 6.54 Å². The van der Waals surface area contributed by atoms with Crippen molar-refractivity contribution in [3.05, 3.63) is 17.0 Å². The molecule has 0 amide bonds. The van der Waals surface area contributed by atoms with Crippen molar-refractivity contribution in [3.8, 4) is 0 Å². The first kappa shape index (κ1) is 12.1. The van der Waals surface area contributed by atoms with Crippen LogP contribution in [0.25, 0.3) is 0 Å². The van der Waals surface area contributed by atoms with E-state index >= 15 is 0 Å². The van der Waals surface area contributed by atoms with Crippen molar-refractivity contribution >= 4 is 5.97 Å². The Hall–Kier alpha value is -1.36. The lowest BCUT2D eigenvalue weighted by Crippen LogP contribution is -2.34. The summed E-state index contributed by atoms with van der Waals surface area (Å²) in [5.74, 6) is 0.278. The molecule has 5 nitrogen and oxygen atoms in total. The Labute approximate surface area is 100 Å². The molecule has 1 fully saturated rings. The minimum absolute atomic E-state index is 0.0562. The van der Waals surface area contributed by atoms with Crippen LogP contribution in [0.15, 0.2) is 4.52 Å². The van der Waals surface area contributed by atoms with E-state index in [9.17, 15) is 4.79 Å². The second-order valence-electron chi connectivity index (χ2n) is 4.85. The van der Waals surface area contributed by atoms with Crippen LogP contribution in [0.5, 0.6) is 0 Å². The van der Waals surface area contributed by atoms with Gasteiger partial charge in [-0.05, 0) is 32.2 Å². The highest BCUT2D eigenvalue weighted by Crippen LogP contribution is 2.21. The first-order valence-corrected chi connectivity index (χ1v) is 5.98. The molecule has 1 aliphatic rings. The zero-order chi connectivity index (χ0) is 12.4. The molecular weight excluding hydrogens is 220 g/mol. The van der Waals surface area contributed by atoms with Gasteiger partial charge in [0.15, 0.2) is 5.69 Å². The van der Waals surface area contributed by atoms with Crippen LogP contribution in [0.4, 0.5) is 0 Å². The largest absolute Gasteiger partial charge is 0.476 e. The summed E-state index contributed by atoms with van der Waals surface area (Å²) in [6.07, 6.45) is 2.43. The number of likely N-dealkylation sites (tertiary alicyclic amines) is 1. The number of carbonyl (C=O) groups is 1. The summed E-state index contributed by atoms with van der Waals surface area (Å²) < 4.78 is 4.97. The van der Waals surface area contributed by atoms with Crippen molar-refractivity contribution < 1.29 is 14.4 Å². The van der Waals surface area contributed by atoms with Gasteiger partial charge < -0.3 is 9.63 Å². The predicted octanol–water partition coefficient (Wildman–Crippen LogP) is 1.91. The van der Waals surface area contributed by atoms with Crippen molar-refractivity contribution in [2.75, 3.05) is 13.1 Å². The molecule has 1 aromatic heterocycles. The summed E-state index contributed by atoms with van der Waals surface area (Å²) in [4.78, 5) is 13.3. The Morgan fingerprint density at radius 1 is 1.65 bits per heavy atom. The Morgan fingerprint density at radius 2 is 2.41 bits per heavy atom. The normalized spacial score (nSPS) is 21.6. The molecule has 0 spiro atoms. The van der Waals surface area contributed by atoms with Crippen LogP contribution >= 0.6 is 0 Å². The van der Waals surface area contributed by atoms with E-state index in [2.05, 4.69) is 17.0 Å². The van der Waals surface area contributed by atoms with Crippen molar-refractivity contribution in [1.29, 1.82) is 0 Å². The molecule has 1 aromatic rings. The lowest BCUT2D eigenvalue weighted by Gasteiger charge is -2.30. The molecule has 0 aliphatic carbocycles. The Balaban J connectivity index is 2.12. The molecule has 1 N–H and O–H groups in total. The molecule has 2 heterocycles. The quantitative estimate of drug-likeness (QED) is 0.871. The molecule has 1 saturated heterocycles. The summed E-state index contributed by atoms with van der Waals surface area (Å²) in [6.45, 7) is 6.66. The lowest BCUT2D eigenvalue weighted by atomic mass is 9.99. The van der Waals surface area contributed by atoms with Crippen LogP contribution in [0.2, 0.25) is 0 Å². The van der Waals surface area contributed by atoms with Crippen molar-refractivity contribution in [2.45, 2.75) is 33.2 Å². The summed E-state index contributed by atoms with van der Waals surface area (Å²) >= 11 is 0. The Bertz CT molecular complexity index is 414. The number of piperidine rings is 1. The van der Waals surface area contributed by atoms with Crippen LogP contribution in [-0.4, -0.2) is 34.2 Å². The third kappa shape index (κ3) is 2.66. The molecule has 17 heavy (non-hydrogen) atoms. The average Bonchev–Trinajstić information content (AvgIpc) is 2.61. The maximum atomic E-state index is 11.0. The summed E-state index contributed by atoms with van der Waals surface area (Å²) in [7, 11) is 0. The van der Waals surface area contributed by atoms with Crippen LogP contribution in [0.3, 0.4) is 0 Å². The minimum atomic E-state index is -1.01. The average molecular weight is 238 g/mol. The van der Waals surface area contributed by atoms with Gasteiger partial charge in [-0.15, -0.1) is 0 Å². The van der Waals surface area contributed by atoms with Gasteiger partial charge in [0.2, 0.25) is 0 Å². The molecule has 94 valence electrons. The van der Waals surface area contributed by atoms with E-state index < -0.39 is 5.97 Å². The zero-order valence-corrected chi connectivity index (χ0v) is 10.3. The predicted molar refractivity (Wildman–Crippen MR) is 61.9 cm³/mol. The topological polar surface area (TPSA) is 66.6 Å². The second-order valence-corrected chi connectivity index (χ2v) is 4.85. The van der Waals surface area contributed by atoms with Gasteiger partial charge in [-0.3, -0.25) is 4.90 Å². The molecule has 1 aliphatic heterocycles. The molecule has 5 heteroatoms. The first-order valence-electron chi connectivity index (χ1n) is 5.98. The van der Waals surface area contributed by atoms with Gasteiger partial charge >= 0.3 is 5.97 Å². The number of rotatable bonds is 3. The van der Waals surface area contributed by atoms with Crippen LogP contribution in [0.1, 0.15) is 41.6 Å². The van der Waals surface area contributed by atoms with Gasteiger partial charge in [0.05, 0.1) is 0 Å². The molecule has 2 rings (SSSR count). The van der Waals surface area contributed by atoms with Gasteiger partial charge in [0.1, 0.15) is 5.76 Å². The van der Waals surface area contributed by atoms with Gasteiger partial charge in [0.25, 0.3) is 0 Å². The highest BCUT2D eigenvalue weighted by atomic mass is 16.5. The molecule has 0 unspecified atom stereocenters. The van der Waals surface area contributed by atoms with Crippen LogP contribution in [0, 0.1) is 12.8 Å². The zero-order valence-electron chi connectivity index (χ0n) is 10.3. The molecule has 0 bridgehead atoms. The van der Waals surface area contributed by atoms with Gasteiger partial charge in [-0.2, -0.15) is 0 Å². The van der Waals surface area contributed by atoms with Crippen LogP contribution < -0.4 is 0 Å². The standard InChI is InChI=1S/C12H18N2O3/c1-8-4-3-5-14(6-8)7-10-9(2)17-13-11(10)12(15)16/h8H,3-7H2,1-2H3,(H,15,16)/t8-/m0/s1. The van der Waals surface area contributed by atoms with E-state index in [1.165, 1.54) is 12.8 Å². The number of aromatic nitrogens is 1. The van der Waals surface area contributed by atoms with E-state index in [-0.39, 0.29) is 5.69 Å². The first-order chi connectivity index (χ1) is 8.08. The number of aromatic carboxylic acids is 1. The molecule has 0 aromatic carbocycles. The third-order valence-electron chi connectivity index (χ3n) is 3.31. The minimum Gasteiger partial charge on any atom is -0.476 e. The summed E-state index contributed by atoms with van der Waals surface area (Å²) in [5.41, 5.74) is 0.771. The number of nitrogens with zero attached hydrogens (tertiary/aromatic N) is 2. The highest BCUT2D eigenvalue weighted by molar-refractivity contribution is 5.87. The molecule has 0 saturated carbocycles. The smallest absolute Gasteiger partial charge is 0.358 e. The van der Waals surface area contributed by atoms with Gasteiger partial charge in [-0.25, -0.2) is 4.79 Å². The fraction of sp³-hybridized carbons (Fsp3) is 0.667. The van der Waals surface area contributed by atoms with Crippen molar-refractivity contribution in [3.63, 3.8) is 0 Å². The number of carboxylic acids is 1. The fourth-order valence-electron chi connectivity index (χ4n) is 2.40. The Kier molecular flexibility index (Phi) is 3.47. The maximum Gasteiger partial charge on any atom is 0.358 e. The van der Waals surface area contributed by atoms with E-state index in [1.54, 1.807) is 6.92 Å². The molecule has 0 radical (unpaired) electrons. The van der Waals surface area contributed by atoms with E-state index in [0.29, 0.717) is 23.8 Å². The highest BCUT2D eigenvalue weighted by Gasteiger charge is 2.23. The molecule has 1 atom stereocenters. The van der Waals surface area contributed by atoms with Crippen molar-refractivity contribution in [1.82, 2.24) is 10.1 Å². The number of hydrogen-bond donors (Lipinski definition) is 1. The third-order valence-corrected chi connectivity index (χ3v) is 3.31. The van der Waals surface area contributed by atoms with Gasteiger partial charge in [-0.1, -0.05) is 12.1 Å².